The van der Waals surface area contributed by atoms with E-state index in [2.05, 4.69) is 16.9 Å². The molecule has 0 bridgehead atoms. The fourth-order valence-corrected chi connectivity index (χ4v) is 3.89. The zero-order chi connectivity index (χ0) is 19.7. The van der Waals surface area contributed by atoms with Gasteiger partial charge in [-0.3, -0.25) is 9.59 Å². The summed E-state index contributed by atoms with van der Waals surface area (Å²) in [5.74, 6) is 1.35. The third-order valence-corrected chi connectivity index (χ3v) is 6.11. The first-order valence-corrected chi connectivity index (χ1v) is 10.2. The number of hydrogen-bond acceptors (Lipinski definition) is 4. The third kappa shape index (κ3) is 3.68. The normalized spacial score (nSPS) is 17.9. The van der Waals surface area contributed by atoms with Gasteiger partial charge in [-0.1, -0.05) is 12.5 Å². The van der Waals surface area contributed by atoms with E-state index in [1.165, 1.54) is 16.7 Å². The molecule has 1 saturated carbocycles. The Morgan fingerprint density at radius 3 is 2.50 bits per heavy atom. The molecule has 2 aromatic rings. The summed E-state index contributed by atoms with van der Waals surface area (Å²) >= 11 is 0. The average molecular weight is 380 g/mol. The van der Waals surface area contributed by atoms with E-state index in [1.807, 2.05) is 30.0 Å². The smallest absolute Gasteiger partial charge is 0.271 e. The quantitative estimate of drug-likeness (QED) is 0.822. The molecule has 0 atom stereocenters. The minimum Gasteiger partial charge on any atom is -0.353 e. The Bertz CT molecular complexity index is 932. The van der Waals surface area contributed by atoms with Gasteiger partial charge in [0, 0.05) is 38.2 Å². The van der Waals surface area contributed by atoms with Crippen LogP contribution in [0.3, 0.4) is 0 Å². The number of aryl methyl sites for hydroxylation is 2. The molecule has 0 N–H and O–H groups in total. The van der Waals surface area contributed by atoms with Crippen LogP contribution < -0.4 is 10.5 Å². The molecule has 148 valence electrons. The van der Waals surface area contributed by atoms with Gasteiger partial charge >= 0.3 is 0 Å². The molecule has 0 radical (unpaired) electrons. The lowest BCUT2D eigenvalue weighted by Crippen LogP contribution is -2.41. The largest absolute Gasteiger partial charge is 0.353 e. The van der Waals surface area contributed by atoms with Crippen LogP contribution in [0, 0.1) is 19.8 Å². The van der Waals surface area contributed by atoms with E-state index in [0.717, 1.165) is 62.5 Å². The van der Waals surface area contributed by atoms with Crippen molar-refractivity contribution in [3.8, 4) is 5.69 Å². The van der Waals surface area contributed by atoms with Gasteiger partial charge in [-0.2, -0.15) is 4.68 Å². The van der Waals surface area contributed by atoms with Crippen molar-refractivity contribution in [2.45, 2.75) is 39.5 Å². The molecule has 1 aliphatic carbocycles. The fraction of sp³-hybridized carbons (Fsp3) is 0.500. The highest BCUT2D eigenvalue weighted by molar-refractivity contribution is 5.79. The molecular formula is C22H28N4O2. The topological polar surface area (TPSA) is 58.4 Å². The lowest BCUT2D eigenvalue weighted by atomic mass is 9.84. The second kappa shape index (κ2) is 7.78. The minimum atomic E-state index is -0.136. The van der Waals surface area contributed by atoms with Crippen molar-refractivity contribution in [2.75, 3.05) is 31.1 Å². The van der Waals surface area contributed by atoms with Gasteiger partial charge in [0.25, 0.3) is 5.56 Å². The number of carbonyl (C=O) groups is 1. The van der Waals surface area contributed by atoms with Crippen LogP contribution >= 0.6 is 0 Å². The lowest BCUT2D eigenvalue weighted by Gasteiger charge is -2.31. The molecule has 1 aromatic carbocycles. The van der Waals surface area contributed by atoms with Gasteiger partial charge in [-0.05, 0) is 62.4 Å². The summed E-state index contributed by atoms with van der Waals surface area (Å²) in [7, 11) is 0. The van der Waals surface area contributed by atoms with Gasteiger partial charge in [0.2, 0.25) is 5.91 Å². The highest BCUT2D eigenvalue weighted by Gasteiger charge is 2.30. The number of benzene rings is 1. The maximum absolute atomic E-state index is 12.6. The van der Waals surface area contributed by atoms with Crippen LogP contribution in [0.25, 0.3) is 5.69 Å². The Morgan fingerprint density at radius 1 is 0.964 bits per heavy atom. The van der Waals surface area contributed by atoms with Crippen LogP contribution in [-0.2, 0) is 4.79 Å². The van der Waals surface area contributed by atoms with Crippen molar-refractivity contribution in [1.29, 1.82) is 0 Å². The van der Waals surface area contributed by atoms with E-state index in [4.69, 9.17) is 0 Å². The zero-order valence-corrected chi connectivity index (χ0v) is 16.7. The van der Waals surface area contributed by atoms with E-state index < -0.39 is 0 Å². The number of hydrogen-bond donors (Lipinski definition) is 0. The monoisotopic (exact) mass is 380 g/mol. The van der Waals surface area contributed by atoms with Crippen LogP contribution in [0.4, 0.5) is 5.82 Å². The molecule has 4 rings (SSSR count). The van der Waals surface area contributed by atoms with E-state index >= 15 is 0 Å². The first kappa shape index (κ1) is 18.7. The summed E-state index contributed by atoms with van der Waals surface area (Å²) in [6.45, 7) is 7.21. The Labute approximate surface area is 165 Å². The van der Waals surface area contributed by atoms with Crippen molar-refractivity contribution < 1.29 is 4.79 Å². The molecule has 2 heterocycles. The number of rotatable bonds is 3. The van der Waals surface area contributed by atoms with Crippen molar-refractivity contribution >= 4 is 11.7 Å². The van der Waals surface area contributed by atoms with E-state index in [0.29, 0.717) is 5.91 Å². The molecule has 6 heteroatoms. The molecule has 1 aromatic heterocycles. The van der Waals surface area contributed by atoms with E-state index in [9.17, 15) is 9.59 Å². The molecule has 2 aliphatic rings. The zero-order valence-electron chi connectivity index (χ0n) is 16.7. The molecule has 1 amide bonds. The van der Waals surface area contributed by atoms with Gasteiger partial charge in [0.05, 0.1) is 5.69 Å². The van der Waals surface area contributed by atoms with Gasteiger partial charge in [0.15, 0.2) is 0 Å². The highest BCUT2D eigenvalue weighted by atomic mass is 16.2. The third-order valence-electron chi connectivity index (χ3n) is 6.11. The first-order chi connectivity index (χ1) is 13.5. The summed E-state index contributed by atoms with van der Waals surface area (Å²) in [4.78, 5) is 29.2. The summed E-state index contributed by atoms with van der Waals surface area (Å²) < 4.78 is 1.48. The van der Waals surface area contributed by atoms with Crippen LogP contribution in [0.1, 0.15) is 36.8 Å². The fourth-order valence-electron chi connectivity index (χ4n) is 3.89. The molecule has 1 saturated heterocycles. The summed E-state index contributed by atoms with van der Waals surface area (Å²) in [6, 6.07) is 9.32. The Balaban J connectivity index is 1.53. The standard InChI is InChI=1S/C22H28N4O2/c1-16-7-8-19(15-17(16)2)26-21(27)10-9-20(23-26)24-11-4-12-25(14-13-24)22(28)18-5-3-6-18/h7-10,15,18H,3-6,11-14H2,1-2H3. The van der Waals surface area contributed by atoms with Gasteiger partial charge in [-0.15, -0.1) is 5.10 Å². The van der Waals surface area contributed by atoms with Crippen LogP contribution in [0.15, 0.2) is 35.1 Å². The molecule has 2 fully saturated rings. The summed E-state index contributed by atoms with van der Waals surface area (Å²) in [5, 5.41) is 4.64. The number of amides is 1. The maximum Gasteiger partial charge on any atom is 0.271 e. The SMILES string of the molecule is Cc1ccc(-n2nc(N3CCCN(C(=O)C4CCC4)CC3)ccc2=O)cc1C. The molecule has 1 aliphatic heterocycles. The predicted octanol–water partition coefficient (Wildman–Crippen LogP) is 2.69. The van der Waals surface area contributed by atoms with E-state index in [-0.39, 0.29) is 11.5 Å². The number of nitrogens with zero attached hydrogens (tertiary/aromatic N) is 4. The molecule has 28 heavy (non-hydrogen) atoms. The van der Waals surface area contributed by atoms with Crippen LogP contribution in [0.5, 0.6) is 0 Å². The summed E-state index contributed by atoms with van der Waals surface area (Å²) in [5.41, 5.74) is 2.98. The van der Waals surface area contributed by atoms with Gasteiger partial charge in [-0.25, -0.2) is 0 Å². The number of carbonyl (C=O) groups excluding carboxylic acids is 1. The molecule has 0 spiro atoms. The predicted molar refractivity (Wildman–Crippen MR) is 110 cm³/mol. The minimum absolute atomic E-state index is 0.136. The lowest BCUT2D eigenvalue weighted by molar-refractivity contribution is -0.137. The number of aromatic nitrogens is 2. The Kier molecular flexibility index (Phi) is 5.20. The molecular weight excluding hydrogens is 352 g/mol. The summed E-state index contributed by atoms with van der Waals surface area (Å²) in [6.07, 6.45) is 4.19. The highest BCUT2D eigenvalue weighted by Crippen LogP contribution is 2.28. The first-order valence-electron chi connectivity index (χ1n) is 10.2. The molecule has 6 nitrogen and oxygen atoms in total. The Hall–Kier alpha value is -2.63. The van der Waals surface area contributed by atoms with Crippen molar-refractivity contribution in [1.82, 2.24) is 14.7 Å². The van der Waals surface area contributed by atoms with Crippen molar-refractivity contribution in [3.63, 3.8) is 0 Å². The van der Waals surface area contributed by atoms with Crippen molar-refractivity contribution in [2.24, 2.45) is 5.92 Å². The second-order valence-corrected chi connectivity index (χ2v) is 8.00. The van der Waals surface area contributed by atoms with E-state index in [1.54, 1.807) is 12.1 Å². The van der Waals surface area contributed by atoms with Crippen LogP contribution in [-0.4, -0.2) is 46.8 Å². The second-order valence-electron chi connectivity index (χ2n) is 8.00. The van der Waals surface area contributed by atoms with Crippen LogP contribution in [0.2, 0.25) is 0 Å². The number of anilines is 1. The van der Waals surface area contributed by atoms with Gasteiger partial charge < -0.3 is 9.80 Å². The van der Waals surface area contributed by atoms with Crippen molar-refractivity contribution in [3.05, 3.63) is 51.8 Å². The molecule has 0 unspecified atom stereocenters. The maximum atomic E-state index is 12.6. The average Bonchev–Trinajstić information content (AvgIpc) is 2.89. The van der Waals surface area contributed by atoms with Gasteiger partial charge in [0.1, 0.15) is 5.82 Å². The Morgan fingerprint density at radius 2 is 1.79 bits per heavy atom.